The van der Waals surface area contributed by atoms with E-state index in [0.29, 0.717) is 22.4 Å². The van der Waals surface area contributed by atoms with Crippen molar-refractivity contribution in [2.75, 3.05) is 0 Å². The number of hydrogen-bond donors (Lipinski definition) is 1. The highest BCUT2D eigenvalue weighted by molar-refractivity contribution is 7.88. The Kier molecular flexibility index (Phi) is 4.66. The van der Waals surface area contributed by atoms with Crippen LogP contribution >= 0.6 is 0 Å². The molecule has 0 amide bonds. The molecule has 0 saturated carbocycles. The quantitative estimate of drug-likeness (QED) is 0.552. The lowest BCUT2D eigenvalue weighted by Crippen LogP contribution is -2.25. The molecule has 0 aliphatic heterocycles. The molecule has 1 N–H and O–H groups in total. The Morgan fingerprint density at radius 2 is 1.74 bits per heavy atom. The van der Waals surface area contributed by atoms with Gasteiger partial charge in [0.1, 0.15) is 17.8 Å². The second-order valence-electron chi connectivity index (χ2n) is 5.97. The highest BCUT2D eigenvalue weighted by Crippen LogP contribution is 2.20. The van der Waals surface area contributed by atoms with Crippen LogP contribution in [-0.2, 0) is 22.3 Å². The van der Waals surface area contributed by atoms with Crippen LogP contribution in [0, 0.1) is 0 Å². The van der Waals surface area contributed by atoms with Crippen LogP contribution in [0.25, 0.3) is 22.2 Å². The maximum Gasteiger partial charge on any atom is 0.217 e. The molecule has 136 valence electrons. The molecule has 0 saturated heterocycles. The second kappa shape index (κ2) is 7.26. The fourth-order valence-corrected chi connectivity index (χ4v) is 3.76. The van der Waals surface area contributed by atoms with Crippen LogP contribution in [-0.4, -0.2) is 23.5 Å². The van der Waals surface area contributed by atoms with Gasteiger partial charge in [-0.05, 0) is 18.2 Å². The normalized spacial score (nSPS) is 11.7. The molecule has 2 aromatic carbocycles. The number of rotatable bonds is 6. The van der Waals surface area contributed by atoms with Crippen LogP contribution in [0.2, 0.25) is 0 Å². The van der Waals surface area contributed by atoms with Gasteiger partial charge >= 0.3 is 0 Å². The fourth-order valence-electron chi connectivity index (χ4n) is 2.72. The predicted octanol–water partition coefficient (Wildman–Crippen LogP) is 2.90. The topological polar surface area (TPSA) is 98.0 Å². The molecule has 0 aliphatic carbocycles. The largest absolute Gasteiger partial charge is 0.356 e. The van der Waals surface area contributed by atoms with Crippen molar-refractivity contribution in [3.05, 3.63) is 78.4 Å². The van der Waals surface area contributed by atoms with Gasteiger partial charge in [0.25, 0.3) is 0 Å². The van der Waals surface area contributed by atoms with Gasteiger partial charge in [0.05, 0.1) is 17.9 Å². The molecule has 7 nitrogen and oxygen atoms in total. The molecule has 4 rings (SSSR count). The van der Waals surface area contributed by atoms with E-state index < -0.39 is 10.0 Å². The average Bonchev–Trinajstić information content (AvgIpc) is 3.10. The van der Waals surface area contributed by atoms with Gasteiger partial charge in [-0.25, -0.2) is 23.1 Å². The van der Waals surface area contributed by atoms with Gasteiger partial charge in [0, 0.05) is 10.9 Å². The number of para-hydroxylation sites is 1. The molecular formula is C19H16N4O3S. The molecule has 0 unspecified atom stereocenters. The van der Waals surface area contributed by atoms with E-state index in [1.165, 1.54) is 6.33 Å². The van der Waals surface area contributed by atoms with Crippen molar-refractivity contribution in [1.82, 2.24) is 19.8 Å². The van der Waals surface area contributed by atoms with E-state index in [1.807, 2.05) is 42.5 Å². The van der Waals surface area contributed by atoms with Crippen LogP contribution in [0.15, 0.2) is 71.5 Å². The first-order valence-electron chi connectivity index (χ1n) is 8.28. The fraction of sp³-hybridized carbons (Fsp3) is 0.105. The lowest BCUT2D eigenvalue weighted by atomic mass is 10.1. The minimum atomic E-state index is -3.60. The van der Waals surface area contributed by atoms with Crippen molar-refractivity contribution in [1.29, 1.82) is 0 Å². The molecule has 8 heteroatoms. The van der Waals surface area contributed by atoms with Gasteiger partial charge in [0.15, 0.2) is 5.58 Å². The molecule has 2 heterocycles. The predicted molar refractivity (Wildman–Crippen MR) is 101 cm³/mol. The standard InChI is InChI=1S/C19H16N4O3S/c24-27(25,12-18-16-8-4-5-9-19(16)26-23-18)22-11-15-10-17(21-13-20-15)14-6-2-1-3-7-14/h1-10,13,22H,11-12H2. The molecular weight excluding hydrogens is 364 g/mol. The highest BCUT2D eigenvalue weighted by atomic mass is 32.2. The summed E-state index contributed by atoms with van der Waals surface area (Å²) in [4.78, 5) is 8.38. The van der Waals surface area contributed by atoms with Gasteiger partial charge < -0.3 is 4.52 Å². The number of benzene rings is 2. The Labute approximate surface area is 156 Å². The van der Waals surface area contributed by atoms with Crippen molar-refractivity contribution in [3.8, 4) is 11.3 Å². The minimum absolute atomic E-state index is 0.0699. The van der Waals surface area contributed by atoms with E-state index in [9.17, 15) is 8.42 Å². The van der Waals surface area contributed by atoms with Gasteiger partial charge in [-0.3, -0.25) is 0 Å². The summed E-state index contributed by atoms with van der Waals surface area (Å²) >= 11 is 0. The Morgan fingerprint density at radius 1 is 0.963 bits per heavy atom. The molecule has 0 fully saturated rings. The number of nitrogens with zero attached hydrogens (tertiary/aromatic N) is 3. The van der Waals surface area contributed by atoms with Gasteiger partial charge in [-0.1, -0.05) is 47.6 Å². The van der Waals surface area contributed by atoms with Crippen LogP contribution in [0.4, 0.5) is 0 Å². The van der Waals surface area contributed by atoms with E-state index in [0.717, 1.165) is 11.3 Å². The van der Waals surface area contributed by atoms with Crippen molar-refractivity contribution >= 4 is 21.0 Å². The van der Waals surface area contributed by atoms with Crippen molar-refractivity contribution < 1.29 is 12.9 Å². The monoisotopic (exact) mass is 380 g/mol. The summed E-state index contributed by atoms with van der Waals surface area (Å²) in [6.07, 6.45) is 1.43. The summed E-state index contributed by atoms with van der Waals surface area (Å²) in [5, 5.41) is 4.56. The van der Waals surface area contributed by atoms with Gasteiger partial charge in [-0.15, -0.1) is 0 Å². The van der Waals surface area contributed by atoms with E-state index in [-0.39, 0.29) is 12.3 Å². The summed E-state index contributed by atoms with van der Waals surface area (Å²) < 4.78 is 32.6. The summed E-state index contributed by atoms with van der Waals surface area (Å²) in [5.41, 5.74) is 3.20. The third-order valence-electron chi connectivity index (χ3n) is 4.05. The molecule has 27 heavy (non-hydrogen) atoms. The lowest BCUT2D eigenvalue weighted by molar-refractivity contribution is 0.448. The molecule has 0 bridgehead atoms. The third kappa shape index (κ3) is 4.02. The van der Waals surface area contributed by atoms with Crippen LogP contribution in [0.1, 0.15) is 11.4 Å². The van der Waals surface area contributed by atoms with Crippen molar-refractivity contribution in [3.63, 3.8) is 0 Å². The summed E-state index contributed by atoms with van der Waals surface area (Å²) in [6.45, 7) is 0.0699. The van der Waals surface area contributed by atoms with E-state index in [2.05, 4.69) is 19.8 Å². The average molecular weight is 380 g/mol. The summed E-state index contributed by atoms with van der Waals surface area (Å²) in [7, 11) is -3.60. The highest BCUT2D eigenvalue weighted by Gasteiger charge is 2.17. The molecule has 2 aromatic heterocycles. The molecule has 0 radical (unpaired) electrons. The van der Waals surface area contributed by atoms with E-state index in [4.69, 9.17) is 4.52 Å². The van der Waals surface area contributed by atoms with Crippen molar-refractivity contribution in [2.45, 2.75) is 12.3 Å². The number of fused-ring (bicyclic) bond motifs is 1. The zero-order chi connectivity index (χ0) is 18.7. The molecule has 0 atom stereocenters. The summed E-state index contributed by atoms with van der Waals surface area (Å²) in [6, 6.07) is 18.6. The Morgan fingerprint density at radius 3 is 2.59 bits per heavy atom. The Balaban J connectivity index is 1.48. The molecule has 4 aromatic rings. The SMILES string of the molecule is O=S(=O)(Cc1noc2ccccc12)NCc1cc(-c2ccccc2)ncn1. The minimum Gasteiger partial charge on any atom is -0.356 e. The van der Waals surface area contributed by atoms with Crippen LogP contribution < -0.4 is 4.72 Å². The first-order valence-corrected chi connectivity index (χ1v) is 9.93. The maximum absolute atomic E-state index is 12.4. The summed E-state index contributed by atoms with van der Waals surface area (Å²) in [5.74, 6) is -0.263. The van der Waals surface area contributed by atoms with Crippen LogP contribution in [0.5, 0.6) is 0 Å². The van der Waals surface area contributed by atoms with Gasteiger partial charge in [0.2, 0.25) is 10.0 Å². The Hall–Kier alpha value is -3.10. The zero-order valence-electron chi connectivity index (χ0n) is 14.2. The second-order valence-corrected chi connectivity index (χ2v) is 7.77. The Bertz CT molecular complexity index is 1170. The van der Waals surface area contributed by atoms with Gasteiger partial charge in [-0.2, -0.15) is 0 Å². The number of hydrogen-bond acceptors (Lipinski definition) is 6. The van der Waals surface area contributed by atoms with Crippen LogP contribution in [0.3, 0.4) is 0 Å². The van der Waals surface area contributed by atoms with Crippen molar-refractivity contribution in [2.24, 2.45) is 0 Å². The maximum atomic E-state index is 12.4. The smallest absolute Gasteiger partial charge is 0.217 e. The lowest BCUT2D eigenvalue weighted by Gasteiger charge is -2.06. The number of nitrogens with one attached hydrogen (secondary N) is 1. The van der Waals surface area contributed by atoms with E-state index >= 15 is 0 Å². The molecule has 0 aliphatic rings. The van der Waals surface area contributed by atoms with E-state index in [1.54, 1.807) is 18.2 Å². The third-order valence-corrected chi connectivity index (χ3v) is 5.28. The number of aromatic nitrogens is 3. The first-order chi connectivity index (χ1) is 13.1. The first kappa shape index (κ1) is 17.3. The molecule has 0 spiro atoms. The zero-order valence-corrected chi connectivity index (χ0v) is 15.1. The number of sulfonamides is 1.